The third-order valence-corrected chi connectivity index (χ3v) is 9.80. The standard InChI is InChI=1S/C36H39Cl2N3O2/c1-2-26-10-6-11-32-33(36(43)39-22-24-8-4-3-5-9-24)23-40(35(26)32)14-7-15-41-30-12-13-31(41)17-25(16-30)18-34(42)27-19-28(37)21-29(38)20-27/h3-6,8-11,19-21,23,25,30-31H,2,7,12-18,22H2,1H3,(H,39,43)/t25?,30-,31+. The molecule has 0 radical (unpaired) electrons. The van der Waals surface area contributed by atoms with Crippen LogP contribution in [0.1, 0.15) is 77.3 Å². The van der Waals surface area contributed by atoms with E-state index in [1.54, 1.807) is 18.2 Å². The maximum atomic E-state index is 13.3. The van der Waals surface area contributed by atoms with Crippen LogP contribution in [0, 0.1) is 5.92 Å². The Hall–Kier alpha value is -3.12. The largest absolute Gasteiger partial charge is 0.348 e. The van der Waals surface area contributed by atoms with E-state index in [4.69, 9.17) is 23.2 Å². The molecule has 2 bridgehead atoms. The van der Waals surface area contributed by atoms with Crippen LogP contribution >= 0.6 is 23.2 Å². The number of hydrogen-bond donors (Lipinski definition) is 1. The van der Waals surface area contributed by atoms with Gasteiger partial charge in [-0.25, -0.2) is 0 Å². The van der Waals surface area contributed by atoms with E-state index < -0.39 is 0 Å². The second-order valence-electron chi connectivity index (χ2n) is 12.2. The predicted octanol–water partition coefficient (Wildman–Crippen LogP) is 8.35. The number of rotatable bonds is 11. The lowest BCUT2D eigenvalue weighted by molar-refractivity contribution is 0.0807. The van der Waals surface area contributed by atoms with Crippen molar-refractivity contribution in [2.24, 2.45) is 5.92 Å². The fourth-order valence-electron chi connectivity index (χ4n) is 7.39. The summed E-state index contributed by atoms with van der Waals surface area (Å²) < 4.78 is 2.30. The van der Waals surface area contributed by atoms with Crippen LogP contribution in [0.2, 0.25) is 10.0 Å². The number of carbonyl (C=O) groups is 2. The number of aryl methyl sites for hydroxylation is 2. The van der Waals surface area contributed by atoms with Crippen LogP contribution in [0.4, 0.5) is 0 Å². The number of halogens is 2. The fourth-order valence-corrected chi connectivity index (χ4v) is 7.92. The number of benzene rings is 3. The number of Topliss-reactive ketones (excluding diaryl/α,β-unsaturated/α-hetero) is 1. The van der Waals surface area contributed by atoms with E-state index in [0.29, 0.717) is 46.6 Å². The van der Waals surface area contributed by atoms with Crippen LogP contribution in [0.25, 0.3) is 10.9 Å². The number of nitrogens with one attached hydrogen (secondary N) is 1. The first-order valence-corrected chi connectivity index (χ1v) is 16.3. The minimum Gasteiger partial charge on any atom is -0.348 e. The Balaban J connectivity index is 1.09. The molecule has 43 heavy (non-hydrogen) atoms. The summed E-state index contributed by atoms with van der Waals surface area (Å²) >= 11 is 12.3. The summed E-state index contributed by atoms with van der Waals surface area (Å²) in [5.41, 5.74) is 4.89. The minimum atomic E-state index is -0.0319. The molecule has 1 aromatic heterocycles. The predicted molar refractivity (Wildman–Crippen MR) is 175 cm³/mol. The number of piperidine rings is 1. The highest BCUT2D eigenvalue weighted by Crippen LogP contribution is 2.40. The molecule has 0 spiro atoms. The number of ketones is 1. The van der Waals surface area contributed by atoms with Crippen molar-refractivity contribution in [3.63, 3.8) is 0 Å². The number of nitrogens with zero attached hydrogens (tertiary/aromatic N) is 2. The summed E-state index contributed by atoms with van der Waals surface area (Å²) in [5.74, 6) is 0.504. The first kappa shape index (κ1) is 29.9. The molecule has 5 nitrogen and oxygen atoms in total. The van der Waals surface area contributed by atoms with Gasteiger partial charge in [0.15, 0.2) is 5.78 Å². The third kappa shape index (κ3) is 6.69. The number of amides is 1. The number of carbonyl (C=O) groups excluding carboxylic acids is 2. The highest BCUT2D eigenvalue weighted by atomic mass is 35.5. The Morgan fingerprint density at radius 1 is 0.907 bits per heavy atom. The van der Waals surface area contributed by atoms with Gasteiger partial charge >= 0.3 is 0 Å². The van der Waals surface area contributed by atoms with Crippen molar-refractivity contribution in [3.8, 4) is 0 Å². The number of fused-ring (bicyclic) bond motifs is 3. The zero-order valence-electron chi connectivity index (χ0n) is 24.7. The van der Waals surface area contributed by atoms with Crippen LogP contribution < -0.4 is 5.32 Å². The lowest BCUT2D eigenvalue weighted by Gasteiger charge is -2.39. The van der Waals surface area contributed by atoms with Crippen LogP contribution in [0.3, 0.4) is 0 Å². The van der Waals surface area contributed by atoms with E-state index in [-0.39, 0.29) is 11.7 Å². The number of aromatic nitrogens is 1. The van der Waals surface area contributed by atoms with Gasteiger partial charge in [-0.15, -0.1) is 0 Å². The van der Waals surface area contributed by atoms with Crippen LogP contribution in [0.5, 0.6) is 0 Å². The van der Waals surface area contributed by atoms with Crippen LogP contribution in [0.15, 0.2) is 72.9 Å². The second-order valence-corrected chi connectivity index (χ2v) is 13.0. The Morgan fingerprint density at radius 3 is 2.33 bits per heavy atom. The minimum absolute atomic E-state index is 0.0319. The first-order valence-electron chi connectivity index (χ1n) is 15.6. The van der Waals surface area contributed by atoms with Gasteiger partial charge in [-0.05, 0) is 73.8 Å². The molecule has 4 aromatic rings. The average molecular weight is 617 g/mol. The van der Waals surface area contributed by atoms with Gasteiger partial charge < -0.3 is 9.88 Å². The normalized spacial score (nSPS) is 20.0. The van der Waals surface area contributed by atoms with Crippen molar-refractivity contribution in [1.29, 1.82) is 0 Å². The topological polar surface area (TPSA) is 54.3 Å². The maximum absolute atomic E-state index is 13.3. The summed E-state index contributed by atoms with van der Waals surface area (Å²) in [7, 11) is 0. The maximum Gasteiger partial charge on any atom is 0.253 e. The molecule has 2 aliphatic heterocycles. The van der Waals surface area contributed by atoms with Crippen molar-refractivity contribution < 1.29 is 9.59 Å². The Bertz CT molecular complexity index is 1580. The molecule has 1 unspecified atom stereocenters. The quantitative estimate of drug-likeness (QED) is 0.172. The highest BCUT2D eigenvalue weighted by Gasteiger charge is 2.40. The zero-order valence-corrected chi connectivity index (χ0v) is 26.2. The van der Waals surface area contributed by atoms with Gasteiger partial charge in [0.1, 0.15) is 0 Å². The zero-order chi connectivity index (χ0) is 29.9. The summed E-state index contributed by atoms with van der Waals surface area (Å²) in [6.45, 7) is 4.59. The molecule has 1 N–H and O–H groups in total. The average Bonchev–Trinajstić information content (AvgIpc) is 3.49. The van der Waals surface area contributed by atoms with Gasteiger partial charge in [0.25, 0.3) is 5.91 Å². The van der Waals surface area contributed by atoms with Crippen LogP contribution in [-0.2, 0) is 19.5 Å². The highest BCUT2D eigenvalue weighted by molar-refractivity contribution is 6.35. The Morgan fingerprint density at radius 2 is 1.63 bits per heavy atom. The summed E-state index contributed by atoms with van der Waals surface area (Å²) in [4.78, 5) is 29.0. The van der Waals surface area contributed by atoms with E-state index in [0.717, 1.165) is 55.3 Å². The summed E-state index contributed by atoms with van der Waals surface area (Å²) in [6, 6.07) is 22.5. The molecule has 2 fully saturated rings. The van der Waals surface area contributed by atoms with Gasteiger partial charge in [0.2, 0.25) is 0 Å². The molecular weight excluding hydrogens is 577 g/mol. The lowest BCUT2D eigenvalue weighted by Crippen LogP contribution is -2.43. The number of para-hydroxylation sites is 1. The third-order valence-electron chi connectivity index (χ3n) is 9.36. The van der Waals surface area contributed by atoms with Gasteiger partial charge in [-0.3, -0.25) is 14.5 Å². The summed E-state index contributed by atoms with van der Waals surface area (Å²) in [5, 5.41) is 5.16. The van der Waals surface area contributed by atoms with Gasteiger partial charge in [0, 0.05) is 65.3 Å². The Labute approximate surface area is 264 Å². The molecule has 3 aromatic carbocycles. The second kappa shape index (κ2) is 13.3. The van der Waals surface area contributed by atoms with Gasteiger partial charge in [-0.2, -0.15) is 0 Å². The van der Waals surface area contributed by atoms with Crippen molar-refractivity contribution in [2.75, 3.05) is 6.54 Å². The molecule has 3 atom stereocenters. The molecule has 7 heteroatoms. The van der Waals surface area contributed by atoms with E-state index in [2.05, 4.69) is 46.1 Å². The lowest BCUT2D eigenvalue weighted by atomic mass is 9.85. The molecule has 1 amide bonds. The molecule has 0 aliphatic carbocycles. The van der Waals surface area contributed by atoms with E-state index in [1.807, 2.05) is 30.3 Å². The molecule has 3 heterocycles. The van der Waals surface area contributed by atoms with Crippen molar-refractivity contribution in [2.45, 2.75) is 77.0 Å². The van der Waals surface area contributed by atoms with Gasteiger partial charge in [0.05, 0.1) is 11.1 Å². The van der Waals surface area contributed by atoms with E-state index >= 15 is 0 Å². The molecule has 0 saturated carbocycles. The molecule has 6 rings (SSSR count). The Kier molecular flexibility index (Phi) is 9.22. The van der Waals surface area contributed by atoms with Crippen molar-refractivity contribution in [3.05, 3.63) is 105 Å². The summed E-state index contributed by atoms with van der Waals surface area (Å²) in [6.07, 6.45) is 9.09. The van der Waals surface area contributed by atoms with E-state index in [9.17, 15) is 9.59 Å². The molecule has 2 saturated heterocycles. The smallest absolute Gasteiger partial charge is 0.253 e. The van der Waals surface area contributed by atoms with Crippen molar-refractivity contribution in [1.82, 2.24) is 14.8 Å². The first-order chi connectivity index (χ1) is 20.9. The van der Waals surface area contributed by atoms with E-state index in [1.165, 1.54) is 23.9 Å². The molecule has 224 valence electrons. The monoisotopic (exact) mass is 615 g/mol. The molecule has 2 aliphatic rings. The van der Waals surface area contributed by atoms with Crippen LogP contribution in [-0.4, -0.2) is 39.8 Å². The fraction of sp³-hybridized carbons (Fsp3) is 0.389. The number of hydrogen-bond acceptors (Lipinski definition) is 3. The SMILES string of the molecule is CCc1cccc2c(C(=O)NCc3ccccc3)cn(CCCN3[C@@H]4CC[C@H]3CC(CC(=O)c3cc(Cl)cc(Cl)c3)C4)c12. The van der Waals surface area contributed by atoms with Gasteiger partial charge in [-0.1, -0.05) is 78.7 Å². The van der Waals surface area contributed by atoms with Crippen molar-refractivity contribution >= 4 is 45.8 Å². The molecular formula is C36H39Cl2N3O2.